The highest BCUT2D eigenvalue weighted by Gasteiger charge is 2.28. The van der Waals surface area contributed by atoms with Gasteiger partial charge in [0.05, 0.1) is 18.5 Å². The first-order valence-corrected chi connectivity index (χ1v) is 8.63. The Hall–Kier alpha value is -1.53. The highest BCUT2D eigenvalue weighted by molar-refractivity contribution is 9.10. The van der Waals surface area contributed by atoms with Gasteiger partial charge in [0.2, 0.25) is 0 Å². The SMILES string of the molecule is CC(C)(C)C(=O)ON1CCN(c2cccc3[nH]cc(Br)c23)CC1. The molecule has 0 atom stereocenters. The largest absolute Gasteiger partial charge is 0.368 e. The van der Waals surface area contributed by atoms with Gasteiger partial charge in [-0.1, -0.05) is 6.07 Å². The molecule has 5 nitrogen and oxygen atoms in total. The van der Waals surface area contributed by atoms with Gasteiger partial charge in [0.15, 0.2) is 0 Å². The van der Waals surface area contributed by atoms with Gasteiger partial charge in [-0.25, -0.2) is 4.79 Å². The standard InChI is InChI=1S/C17H22BrN3O2/c1-17(2,3)16(22)23-21-9-7-20(8-10-21)14-6-4-5-13-15(14)12(18)11-19-13/h4-6,11,19H,7-10H2,1-3H3. The lowest BCUT2D eigenvalue weighted by Gasteiger charge is -2.36. The number of H-pyrrole nitrogens is 1. The maximum absolute atomic E-state index is 12.0. The molecule has 1 saturated heterocycles. The third kappa shape index (κ3) is 3.38. The highest BCUT2D eigenvalue weighted by Crippen LogP contribution is 2.33. The maximum atomic E-state index is 12.0. The van der Waals surface area contributed by atoms with E-state index < -0.39 is 5.41 Å². The number of nitrogens with one attached hydrogen (secondary N) is 1. The maximum Gasteiger partial charge on any atom is 0.330 e. The van der Waals surface area contributed by atoms with E-state index in [-0.39, 0.29) is 5.97 Å². The molecule has 1 aliphatic heterocycles. The fourth-order valence-corrected chi connectivity index (χ4v) is 3.19. The summed E-state index contributed by atoms with van der Waals surface area (Å²) in [5.74, 6) is -0.179. The minimum Gasteiger partial charge on any atom is -0.368 e. The minimum atomic E-state index is -0.473. The molecule has 0 unspecified atom stereocenters. The fourth-order valence-electron chi connectivity index (χ4n) is 2.66. The normalized spacial score (nSPS) is 16.8. The first-order chi connectivity index (χ1) is 10.9. The number of carbonyl (C=O) groups excluding carboxylic acids is 1. The van der Waals surface area contributed by atoms with Crippen molar-refractivity contribution in [1.82, 2.24) is 10.0 Å². The Balaban J connectivity index is 1.69. The number of rotatable bonds is 2. The zero-order valence-corrected chi connectivity index (χ0v) is 15.3. The molecule has 0 spiro atoms. The van der Waals surface area contributed by atoms with Crippen LogP contribution in [0.5, 0.6) is 0 Å². The predicted molar refractivity (Wildman–Crippen MR) is 95.3 cm³/mol. The van der Waals surface area contributed by atoms with Crippen LogP contribution in [0.15, 0.2) is 28.9 Å². The summed E-state index contributed by atoms with van der Waals surface area (Å²) in [5, 5.41) is 2.98. The smallest absolute Gasteiger partial charge is 0.330 e. The van der Waals surface area contributed by atoms with Crippen LogP contribution in [0.25, 0.3) is 10.9 Å². The number of hydrogen-bond donors (Lipinski definition) is 1. The molecule has 1 N–H and O–H groups in total. The van der Waals surface area contributed by atoms with Gasteiger partial charge < -0.3 is 14.7 Å². The van der Waals surface area contributed by atoms with Crippen molar-refractivity contribution in [2.75, 3.05) is 31.1 Å². The lowest BCUT2D eigenvalue weighted by atomic mass is 9.98. The van der Waals surface area contributed by atoms with Gasteiger partial charge in [0, 0.05) is 40.3 Å². The van der Waals surface area contributed by atoms with Crippen LogP contribution in [0, 0.1) is 5.41 Å². The molecule has 124 valence electrons. The Morgan fingerprint density at radius 1 is 1.22 bits per heavy atom. The van der Waals surface area contributed by atoms with Crippen LogP contribution in [-0.2, 0) is 9.63 Å². The number of aromatic amines is 1. The van der Waals surface area contributed by atoms with Gasteiger partial charge in [-0.15, -0.1) is 5.06 Å². The number of nitrogens with zero attached hydrogens (tertiary/aromatic N) is 2. The molecular formula is C17H22BrN3O2. The van der Waals surface area contributed by atoms with Crippen LogP contribution in [0.3, 0.4) is 0 Å². The molecule has 0 saturated carbocycles. The molecule has 0 radical (unpaired) electrons. The van der Waals surface area contributed by atoms with Crippen LogP contribution >= 0.6 is 15.9 Å². The Bertz CT molecular complexity index is 712. The van der Waals surface area contributed by atoms with Crippen molar-refractivity contribution in [3.05, 3.63) is 28.9 Å². The number of aromatic nitrogens is 1. The van der Waals surface area contributed by atoms with E-state index in [2.05, 4.69) is 44.0 Å². The molecule has 0 aliphatic carbocycles. The molecule has 2 heterocycles. The lowest BCUT2D eigenvalue weighted by Crippen LogP contribution is -2.48. The predicted octanol–water partition coefficient (Wildman–Crippen LogP) is 3.56. The van der Waals surface area contributed by atoms with E-state index in [1.54, 1.807) is 5.06 Å². The van der Waals surface area contributed by atoms with Crippen molar-refractivity contribution in [3.63, 3.8) is 0 Å². The first-order valence-electron chi connectivity index (χ1n) is 7.84. The zero-order chi connectivity index (χ0) is 16.6. The molecule has 23 heavy (non-hydrogen) atoms. The van der Waals surface area contributed by atoms with Crippen LogP contribution in [-0.4, -0.2) is 42.2 Å². The average molecular weight is 380 g/mol. The van der Waals surface area contributed by atoms with Gasteiger partial charge in [0.1, 0.15) is 0 Å². The molecule has 0 bridgehead atoms. The average Bonchev–Trinajstić information content (AvgIpc) is 2.89. The summed E-state index contributed by atoms with van der Waals surface area (Å²) in [6.07, 6.45) is 1.97. The van der Waals surface area contributed by atoms with Crippen molar-refractivity contribution >= 4 is 38.5 Å². The summed E-state index contributed by atoms with van der Waals surface area (Å²) in [6, 6.07) is 6.27. The summed E-state index contributed by atoms with van der Waals surface area (Å²) in [4.78, 5) is 23.1. The van der Waals surface area contributed by atoms with Gasteiger partial charge in [0.25, 0.3) is 0 Å². The minimum absolute atomic E-state index is 0.179. The number of hydrogen-bond acceptors (Lipinski definition) is 4. The number of benzene rings is 1. The Kier molecular flexibility index (Phi) is 4.38. The second-order valence-electron chi connectivity index (χ2n) is 6.88. The van der Waals surface area contributed by atoms with Gasteiger partial charge in [-0.3, -0.25) is 0 Å². The summed E-state index contributed by atoms with van der Waals surface area (Å²) in [6.45, 7) is 8.68. The molecule has 1 aliphatic rings. The highest BCUT2D eigenvalue weighted by atomic mass is 79.9. The second kappa shape index (κ2) is 6.17. The van der Waals surface area contributed by atoms with Crippen molar-refractivity contribution in [1.29, 1.82) is 0 Å². The molecule has 0 amide bonds. The molecule has 3 rings (SSSR count). The Morgan fingerprint density at radius 3 is 2.57 bits per heavy atom. The summed E-state index contributed by atoms with van der Waals surface area (Å²) < 4.78 is 1.07. The van der Waals surface area contributed by atoms with Gasteiger partial charge in [-0.2, -0.15) is 0 Å². The number of fused-ring (bicyclic) bond motifs is 1. The fraction of sp³-hybridized carbons (Fsp3) is 0.471. The third-order valence-corrected chi connectivity index (χ3v) is 4.66. The molecular weight excluding hydrogens is 358 g/mol. The van der Waals surface area contributed by atoms with Crippen LogP contribution in [0.2, 0.25) is 0 Å². The Morgan fingerprint density at radius 2 is 1.91 bits per heavy atom. The molecule has 1 aromatic heterocycles. The van der Waals surface area contributed by atoms with Crippen LogP contribution in [0.1, 0.15) is 20.8 Å². The van der Waals surface area contributed by atoms with Crippen molar-refractivity contribution < 1.29 is 9.63 Å². The van der Waals surface area contributed by atoms with Gasteiger partial charge in [-0.05, 0) is 48.8 Å². The molecule has 6 heteroatoms. The van der Waals surface area contributed by atoms with E-state index in [0.717, 1.165) is 23.1 Å². The van der Waals surface area contributed by atoms with E-state index in [0.29, 0.717) is 13.1 Å². The van der Waals surface area contributed by atoms with Crippen LogP contribution in [0.4, 0.5) is 5.69 Å². The third-order valence-electron chi connectivity index (χ3n) is 4.04. The van der Waals surface area contributed by atoms with Gasteiger partial charge >= 0.3 is 5.97 Å². The quantitative estimate of drug-likeness (QED) is 0.866. The topological polar surface area (TPSA) is 48.6 Å². The molecule has 2 aromatic rings. The monoisotopic (exact) mass is 379 g/mol. The summed E-state index contributed by atoms with van der Waals surface area (Å²) >= 11 is 3.61. The Labute approximate surface area is 144 Å². The number of carbonyl (C=O) groups is 1. The lowest BCUT2D eigenvalue weighted by molar-refractivity contribution is -0.201. The van der Waals surface area contributed by atoms with E-state index in [1.165, 1.54) is 11.1 Å². The van der Waals surface area contributed by atoms with Crippen LogP contribution < -0.4 is 4.90 Å². The van der Waals surface area contributed by atoms with E-state index in [9.17, 15) is 4.79 Å². The number of piperazine rings is 1. The van der Waals surface area contributed by atoms with E-state index in [1.807, 2.05) is 27.0 Å². The number of halogens is 1. The van der Waals surface area contributed by atoms with Crippen molar-refractivity contribution in [2.45, 2.75) is 20.8 Å². The molecule has 1 aromatic carbocycles. The number of anilines is 1. The van der Waals surface area contributed by atoms with E-state index >= 15 is 0 Å². The second-order valence-corrected chi connectivity index (χ2v) is 7.74. The first kappa shape index (κ1) is 16.3. The summed E-state index contributed by atoms with van der Waals surface area (Å²) in [5.41, 5.74) is 1.85. The number of hydroxylamine groups is 2. The zero-order valence-electron chi connectivity index (χ0n) is 13.7. The van der Waals surface area contributed by atoms with Crippen molar-refractivity contribution in [3.8, 4) is 0 Å². The summed E-state index contributed by atoms with van der Waals surface area (Å²) in [7, 11) is 0. The van der Waals surface area contributed by atoms with E-state index in [4.69, 9.17) is 4.84 Å². The van der Waals surface area contributed by atoms with Crippen molar-refractivity contribution in [2.24, 2.45) is 5.41 Å². The molecule has 1 fully saturated rings.